The number of aliphatic imine (C=N–C) groups is 1. The summed E-state index contributed by atoms with van der Waals surface area (Å²) in [7, 11) is 0. The van der Waals surface area contributed by atoms with Crippen LogP contribution in [0.1, 0.15) is 62.1 Å². The minimum Gasteiger partial charge on any atom is -0.480 e. The number of rotatable bonds is 11. The summed E-state index contributed by atoms with van der Waals surface area (Å²) < 4.78 is 11.0. The summed E-state index contributed by atoms with van der Waals surface area (Å²) in [6, 6.07) is 26.5. The number of carboxylic acid groups (broad SMARTS) is 1. The van der Waals surface area contributed by atoms with Crippen molar-refractivity contribution in [1.29, 1.82) is 0 Å². The van der Waals surface area contributed by atoms with Gasteiger partial charge >= 0.3 is 12.1 Å². The largest absolute Gasteiger partial charge is 0.480 e. The van der Waals surface area contributed by atoms with Crippen molar-refractivity contribution in [1.82, 2.24) is 10.2 Å². The molecule has 5 rings (SSSR count). The molecule has 4 aromatic rings. The van der Waals surface area contributed by atoms with Crippen LogP contribution in [0, 0.1) is 0 Å². The number of nitrogens with one attached hydrogen (secondary N) is 2. The molecule has 2 heterocycles. The normalized spacial score (nSPS) is 16.7. The van der Waals surface area contributed by atoms with Crippen LogP contribution in [-0.4, -0.2) is 57.9 Å². The highest BCUT2D eigenvalue weighted by molar-refractivity contribution is 6.17. The molecule has 1 fully saturated rings. The Hall–Kier alpha value is -5.22. The number of hydrogen-bond acceptors (Lipinski definition) is 7. The fraction of sp³-hybridized carbons (Fsp3) is 0.297. The van der Waals surface area contributed by atoms with E-state index in [9.17, 15) is 19.5 Å². The Kier molecular flexibility index (Phi) is 10.5. The van der Waals surface area contributed by atoms with Crippen LogP contribution in [-0.2, 0) is 20.9 Å². The van der Waals surface area contributed by atoms with Gasteiger partial charge in [-0.2, -0.15) is 0 Å². The predicted octanol–water partition coefficient (Wildman–Crippen LogP) is 6.44. The SMILES string of the molecule is CC(C)(C)OC(=O)N[C@H](c1ccco1)[C@@H](N=C(c1ccccc1)c1ccccc1NC(=O)[C@H]1CCCN1Cc1ccccc1)C(=O)O. The first-order valence-electron chi connectivity index (χ1n) is 15.7. The van der Waals surface area contributed by atoms with Crippen LogP contribution in [0.5, 0.6) is 0 Å². The fourth-order valence-corrected chi connectivity index (χ4v) is 5.66. The molecule has 244 valence electrons. The lowest BCUT2D eigenvalue weighted by atomic mass is 9.98. The predicted molar refractivity (Wildman–Crippen MR) is 179 cm³/mol. The number of aliphatic carboxylic acids is 1. The van der Waals surface area contributed by atoms with E-state index in [1.807, 2.05) is 54.6 Å². The molecule has 0 saturated carbocycles. The van der Waals surface area contributed by atoms with Crippen LogP contribution in [0.15, 0.2) is 113 Å². The zero-order valence-corrected chi connectivity index (χ0v) is 26.8. The van der Waals surface area contributed by atoms with E-state index in [1.165, 1.54) is 6.26 Å². The van der Waals surface area contributed by atoms with Gasteiger partial charge in [0.05, 0.1) is 23.7 Å². The first-order valence-corrected chi connectivity index (χ1v) is 15.7. The summed E-state index contributed by atoms with van der Waals surface area (Å²) in [5, 5.41) is 16.3. The van der Waals surface area contributed by atoms with E-state index in [0.717, 1.165) is 24.9 Å². The van der Waals surface area contributed by atoms with Gasteiger partial charge in [0.1, 0.15) is 17.4 Å². The van der Waals surface area contributed by atoms with Crippen LogP contribution in [0.2, 0.25) is 0 Å². The van der Waals surface area contributed by atoms with E-state index in [0.29, 0.717) is 29.1 Å². The second kappa shape index (κ2) is 14.9. The molecule has 3 N–H and O–H groups in total. The van der Waals surface area contributed by atoms with Crippen molar-refractivity contribution in [3.05, 3.63) is 126 Å². The van der Waals surface area contributed by atoms with Gasteiger partial charge in [0.25, 0.3) is 0 Å². The molecule has 10 heteroatoms. The Morgan fingerprint density at radius 2 is 1.64 bits per heavy atom. The molecule has 0 radical (unpaired) electrons. The van der Waals surface area contributed by atoms with Crippen LogP contribution < -0.4 is 10.6 Å². The molecule has 1 aliphatic rings. The van der Waals surface area contributed by atoms with Crippen molar-refractivity contribution in [3.63, 3.8) is 0 Å². The summed E-state index contributed by atoms with van der Waals surface area (Å²) in [6.45, 7) is 6.62. The third kappa shape index (κ3) is 8.74. The third-order valence-electron chi connectivity index (χ3n) is 7.74. The van der Waals surface area contributed by atoms with Crippen LogP contribution >= 0.6 is 0 Å². The van der Waals surface area contributed by atoms with Crippen molar-refractivity contribution in [2.45, 2.75) is 63.9 Å². The Morgan fingerprint density at radius 1 is 0.957 bits per heavy atom. The molecule has 1 saturated heterocycles. The van der Waals surface area contributed by atoms with E-state index in [2.05, 4.69) is 27.7 Å². The molecular formula is C37H40N4O6. The average Bonchev–Trinajstić information content (AvgIpc) is 3.74. The standard InChI is InChI=1S/C37H40N4O6/c1-37(2,3)47-36(45)40-32(30-21-13-23-46-30)33(35(43)44)39-31(26-16-8-5-9-17-26)27-18-10-11-19-28(27)38-34(42)29-20-12-22-41(29)24-25-14-6-4-7-15-25/h4-11,13-19,21,23,29,32-33H,12,20,22,24H2,1-3H3,(H,38,42)(H,40,45)(H,43,44)/t29-,32-,33-/m1/s1. The average molecular weight is 637 g/mol. The van der Waals surface area contributed by atoms with Crippen molar-refractivity contribution < 1.29 is 28.6 Å². The molecule has 1 aromatic heterocycles. The number of alkyl carbamates (subject to hydrolysis) is 1. The Bertz CT molecular complexity index is 1680. The minimum atomic E-state index is -1.52. The van der Waals surface area contributed by atoms with Crippen molar-refractivity contribution >= 4 is 29.4 Å². The molecule has 0 spiro atoms. The van der Waals surface area contributed by atoms with E-state index in [4.69, 9.17) is 14.1 Å². The number of amides is 2. The molecule has 1 aliphatic heterocycles. The van der Waals surface area contributed by atoms with Gasteiger partial charge in [0.2, 0.25) is 5.91 Å². The van der Waals surface area contributed by atoms with Gasteiger partial charge in [-0.05, 0) is 63.9 Å². The summed E-state index contributed by atoms with van der Waals surface area (Å²) in [5.41, 5.74) is 2.29. The first kappa shape index (κ1) is 33.2. The first-order chi connectivity index (χ1) is 22.6. The number of nitrogens with zero attached hydrogens (tertiary/aromatic N) is 2. The van der Waals surface area contributed by atoms with E-state index in [-0.39, 0.29) is 17.7 Å². The number of carbonyl (C=O) groups excluding carboxylic acids is 2. The van der Waals surface area contributed by atoms with E-state index >= 15 is 0 Å². The molecule has 0 aliphatic carbocycles. The van der Waals surface area contributed by atoms with Crippen LogP contribution in [0.4, 0.5) is 10.5 Å². The molecular weight excluding hydrogens is 596 g/mol. The second-order valence-corrected chi connectivity index (χ2v) is 12.4. The third-order valence-corrected chi connectivity index (χ3v) is 7.74. The highest BCUT2D eigenvalue weighted by Gasteiger charge is 2.36. The number of hydrogen-bond donors (Lipinski definition) is 3. The molecule has 3 aromatic carbocycles. The number of para-hydroxylation sites is 1. The Balaban J connectivity index is 1.51. The van der Waals surface area contributed by atoms with Gasteiger partial charge in [-0.1, -0.05) is 78.9 Å². The van der Waals surface area contributed by atoms with E-state index in [1.54, 1.807) is 51.1 Å². The highest BCUT2D eigenvalue weighted by atomic mass is 16.6. The van der Waals surface area contributed by atoms with Crippen LogP contribution in [0.25, 0.3) is 0 Å². The van der Waals surface area contributed by atoms with Crippen molar-refractivity contribution in [3.8, 4) is 0 Å². The zero-order chi connectivity index (χ0) is 33.4. The number of carboxylic acids is 1. The maximum Gasteiger partial charge on any atom is 0.408 e. The van der Waals surface area contributed by atoms with Gasteiger partial charge in [-0.3, -0.25) is 14.7 Å². The number of ether oxygens (including phenoxy) is 1. The lowest BCUT2D eigenvalue weighted by Crippen LogP contribution is -2.42. The zero-order valence-electron chi connectivity index (χ0n) is 26.8. The lowest BCUT2D eigenvalue weighted by molar-refractivity contribution is -0.139. The monoisotopic (exact) mass is 636 g/mol. The smallest absolute Gasteiger partial charge is 0.408 e. The summed E-state index contributed by atoms with van der Waals surface area (Å²) >= 11 is 0. The van der Waals surface area contributed by atoms with Gasteiger partial charge < -0.3 is 24.9 Å². The number of benzene rings is 3. The Labute approximate surface area is 274 Å². The van der Waals surface area contributed by atoms with Gasteiger partial charge in [0.15, 0.2) is 6.04 Å². The molecule has 0 bridgehead atoms. The van der Waals surface area contributed by atoms with Crippen LogP contribution in [0.3, 0.4) is 0 Å². The summed E-state index contributed by atoms with van der Waals surface area (Å²) in [5.74, 6) is -1.24. The number of furan rings is 1. The van der Waals surface area contributed by atoms with Gasteiger partial charge in [-0.25, -0.2) is 9.59 Å². The molecule has 10 nitrogen and oxygen atoms in total. The number of likely N-dealkylation sites (tertiary alicyclic amines) is 1. The van der Waals surface area contributed by atoms with E-state index < -0.39 is 29.7 Å². The van der Waals surface area contributed by atoms with Crippen molar-refractivity contribution in [2.75, 3.05) is 11.9 Å². The highest BCUT2D eigenvalue weighted by Crippen LogP contribution is 2.28. The molecule has 2 amide bonds. The number of anilines is 1. The lowest BCUT2D eigenvalue weighted by Gasteiger charge is -2.26. The maximum absolute atomic E-state index is 13.8. The van der Waals surface area contributed by atoms with Gasteiger partial charge in [0, 0.05) is 17.7 Å². The number of carbonyl (C=O) groups is 3. The van der Waals surface area contributed by atoms with Gasteiger partial charge in [-0.15, -0.1) is 0 Å². The molecule has 0 unspecified atom stereocenters. The topological polar surface area (TPSA) is 133 Å². The maximum atomic E-state index is 13.8. The second-order valence-electron chi connectivity index (χ2n) is 12.4. The molecule has 3 atom stereocenters. The summed E-state index contributed by atoms with van der Waals surface area (Å²) in [6.07, 6.45) is 2.21. The fourth-order valence-electron chi connectivity index (χ4n) is 5.66. The molecule has 47 heavy (non-hydrogen) atoms. The van der Waals surface area contributed by atoms with Crippen molar-refractivity contribution in [2.24, 2.45) is 4.99 Å². The Morgan fingerprint density at radius 3 is 2.30 bits per heavy atom. The summed E-state index contributed by atoms with van der Waals surface area (Å²) in [4.78, 5) is 46.6. The quantitative estimate of drug-likeness (QED) is 0.161. The minimum absolute atomic E-state index is 0.145.